The summed E-state index contributed by atoms with van der Waals surface area (Å²) in [7, 11) is -1.69. The molecule has 2 aromatic rings. The molecule has 1 N–H and O–H groups in total. The highest BCUT2D eigenvalue weighted by Crippen LogP contribution is 2.14. The fourth-order valence-electron chi connectivity index (χ4n) is 2.63. The van der Waals surface area contributed by atoms with Crippen molar-refractivity contribution < 1.29 is 17.9 Å². The van der Waals surface area contributed by atoms with E-state index < -0.39 is 10.0 Å². The molecule has 6 nitrogen and oxygen atoms in total. The van der Waals surface area contributed by atoms with Crippen molar-refractivity contribution in [2.24, 2.45) is 0 Å². The molecule has 2 aromatic carbocycles. The number of nitrogens with zero attached hydrogens (tertiary/aromatic N) is 1. The second-order valence-corrected chi connectivity index (χ2v) is 9.03. The van der Waals surface area contributed by atoms with Crippen molar-refractivity contribution in [1.82, 2.24) is 9.62 Å². The van der Waals surface area contributed by atoms with Crippen LogP contribution >= 0.6 is 0 Å². The Labute approximate surface area is 167 Å². The molecule has 2 rings (SSSR count). The van der Waals surface area contributed by atoms with Gasteiger partial charge in [0.05, 0.1) is 6.26 Å². The van der Waals surface area contributed by atoms with Gasteiger partial charge in [0.15, 0.2) is 6.61 Å². The monoisotopic (exact) mass is 404 g/mol. The van der Waals surface area contributed by atoms with Crippen LogP contribution in [0.4, 0.5) is 0 Å². The molecule has 0 spiro atoms. The standard InChI is InChI=1S/C21H28N2O4S/c1-17(9-10-18-7-5-4-6-8-18)22-21(24)16-27-20-13-11-19(12-14-20)15-23(2)28(3,25)26/h4-8,11-14,17H,9-10,15-16H2,1-3H3,(H,22,24)/t17-/m1/s1. The van der Waals surface area contributed by atoms with E-state index in [-0.39, 0.29) is 18.6 Å². The molecular weight excluding hydrogens is 376 g/mol. The molecule has 152 valence electrons. The molecule has 0 fully saturated rings. The van der Waals surface area contributed by atoms with Crippen LogP contribution in [0, 0.1) is 0 Å². The van der Waals surface area contributed by atoms with Crippen molar-refractivity contribution in [1.29, 1.82) is 0 Å². The number of rotatable bonds is 10. The first-order valence-corrected chi connectivity index (χ1v) is 11.0. The van der Waals surface area contributed by atoms with Gasteiger partial charge in [-0.05, 0) is 43.0 Å². The van der Waals surface area contributed by atoms with Gasteiger partial charge in [-0.25, -0.2) is 12.7 Å². The first-order chi connectivity index (χ1) is 13.2. The molecular formula is C21H28N2O4S. The number of carbonyl (C=O) groups is 1. The second kappa shape index (κ2) is 10.2. The Morgan fingerprint density at radius 3 is 2.32 bits per heavy atom. The number of ether oxygens (including phenoxy) is 1. The molecule has 0 saturated heterocycles. The number of benzene rings is 2. The van der Waals surface area contributed by atoms with E-state index in [2.05, 4.69) is 17.4 Å². The molecule has 1 amide bonds. The van der Waals surface area contributed by atoms with Crippen LogP contribution < -0.4 is 10.1 Å². The maximum absolute atomic E-state index is 12.1. The average Bonchev–Trinajstić information content (AvgIpc) is 2.66. The van der Waals surface area contributed by atoms with E-state index in [1.807, 2.05) is 25.1 Å². The van der Waals surface area contributed by atoms with E-state index >= 15 is 0 Å². The SMILES string of the molecule is C[C@H](CCc1ccccc1)NC(=O)COc1ccc(CN(C)S(C)(=O)=O)cc1. The van der Waals surface area contributed by atoms with Gasteiger partial charge in [0, 0.05) is 19.6 Å². The Bertz CT molecular complexity index is 852. The van der Waals surface area contributed by atoms with Gasteiger partial charge in [-0.15, -0.1) is 0 Å². The maximum Gasteiger partial charge on any atom is 0.258 e. The molecule has 0 heterocycles. The van der Waals surface area contributed by atoms with Gasteiger partial charge in [0.25, 0.3) is 5.91 Å². The molecule has 1 atom stereocenters. The van der Waals surface area contributed by atoms with E-state index in [4.69, 9.17) is 4.74 Å². The first-order valence-electron chi connectivity index (χ1n) is 9.20. The summed E-state index contributed by atoms with van der Waals surface area (Å²) >= 11 is 0. The summed E-state index contributed by atoms with van der Waals surface area (Å²) in [6.45, 7) is 2.21. The van der Waals surface area contributed by atoms with Crippen molar-refractivity contribution >= 4 is 15.9 Å². The van der Waals surface area contributed by atoms with Gasteiger partial charge in [-0.2, -0.15) is 0 Å². The fourth-order valence-corrected chi connectivity index (χ4v) is 3.01. The summed E-state index contributed by atoms with van der Waals surface area (Å²) in [5.74, 6) is 0.402. The summed E-state index contributed by atoms with van der Waals surface area (Å²) in [4.78, 5) is 12.1. The smallest absolute Gasteiger partial charge is 0.258 e. The summed E-state index contributed by atoms with van der Waals surface area (Å²) in [5, 5.41) is 2.94. The molecule has 0 bridgehead atoms. The molecule has 7 heteroatoms. The predicted octanol–water partition coefficient (Wildman–Crippen LogP) is 2.59. The lowest BCUT2D eigenvalue weighted by atomic mass is 10.1. The van der Waals surface area contributed by atoms with Crippen LogP contribution in [0.25, 0.3) is 0 Å². The Balaban J connectivity index is 1.73. The Hall–Kier alpha value is -2.38. The second-order valence-electron chi connectivity index (χ2n) is 6.94. The van der Waals surface area contributed by atoms with E-state index in [1.54, 1.807) is 24.3 Å². The number of aryl methyl sites for hydroxylation is 1. The lowest BCUT2D eigenvalue weighted by Gasteiger charge is -2.15. The maximum atomic E-state index is 12.1. The molecule has 0 radical (unpaired) electrons. The first kappa shape index (κ1) is 21.9. The van der Waals surface area contributed by atoms with Crippen molar-refractivity contribution in [3.05, 3.63) is 65.7 Å². The number of nitrogens with one attached hydrogen (secondary N) is 1. The zero-order valence-electron chi connectivity index (χ0n) is 16.6. The largest absolute Gasteiger partial charge is 0.484 e. The number of sulfonamides is 1. The number of carbonyl (C=O) groups excluding carboxylic acids is 1. The summed E-state index contributed by atoms with van der Waals surface area (Å²) in [6.07, 6.45) is 2.94. The van der Waals surface area contributed by atoms with Crippen molar-refractivity contribution in [2.75, 3.05) is 19.9 Å². The minimum atomic E-state index is -3.22. The molecule has 0 saturated carbocycles. The molecule has 0 aliphatic heterocycles. The van der Waals surface area contributed by atoms with E-state index in [0.29, 0.717) is 12.3 Å². The number of hydrogen-bond acceptors (Lipinski definition) is 4. The normalized spacial score (nSPS) is 12.6. The Kier molecular flexibility index (Phi) is 8.02. The van der Waals surface area contributed by atoms with E-state index in [9.17, 15) is 13.2 Å². The van der Waals surface area contributed by atoms with Crippen LogP contribution in [0.3, 0.4) is 0 Å². The lowest BCUT2D eigenvalue weighted by molar-refractivity contribution is -0.123. The van der Waals surface area contributed by atoms with Crippen molar-refractivity contribution in [2.45, 2.75) is 32.4 Å². The molecule has 0 unspecified atom stereocenters. The van der Waals surface area contributed by atoms with E-state index in [0.717, 1.165) is 18.4 Å². The van der Waals surface area contributed by atoms with Crippen LogP contribution in [0.2, 0.25) is 0 Å². The lowest BCUT2D eigenvalue weighted by Crippen LogP contribution is -2.36. The average molecular weight is 405 g/mol. The highest BCUT2D eigenvalue weighted by Gasteiger charge is 2.12. The molecule has 0 aliphatic rings. The highest BCUT2D eigenvalue weighted by atomic mass is 32.2. The number of amides is 1. The molecule has 0 aromatic heterocycles. The zero-order chi connectivity index (χ0) is 20.6. The third kappa shape index (κ3) is 7.70. The van der Waals surface area contributed by atoms with E-state index in [1.165, 1.54) is 23.2 Å². The minimum Gasteiger partial charge on any atom is -0.484 e. The van der Waals surface area contributed by atoms with Crippen molar-refractivity contribution in [3.8, 4) is 5.75 Å². The summed E-state index contributed by atoms with van der Waals surface area (Å²) in [6, 6.07) is 17.3. The summed E-state index contributed by atoms with van der Waals surface area (Å²) < 4.78 is 29.7. The van der Waals surface area contributed by atoms with Gasteiger partial charge in [-0.1, -0.05) is 42.5 Å². The zero-order valence-corrected chi connectivity index (χ0v) is 17.4. The minimum absolute atomic E-state index is 0.0573. The fraction of sp³-hybridized carbons (Fsp3) is 0.381. The van der Waals surface area contributed by atoms with Crippen molar-refractivity contribution in [3.63, 3.8) is 0 Å². The van der Waals surface area contributed by atoms with Crippen LogP contribution in [0.1, 0.15) is 24.5 Å². The van der Waals surface area contributed by atoms with Gasteiger partial charge >= 0.3 is 0 Å². The van der Waals surface area contributed by atoms with Crippen LogP contribution in [0.5, 0.6) is 5.75 Å². The predicted molar refractivity (Wildman–Crippen MR) is 111 cm³/mol. The third-order valence-electron chi connectivity index (χ3n) is 4.38. The van der Waals surface area contributed by atoms with Gasteiger partial charge < -0.3 is 10.1 Å². The highest BCUT2D eigenvalue weighted by molar-refractivity contribution is 7.88. The van der Waals surface area contributed by atoms with Crippen LogP contribution in [-0.4, -0.2) is 44.6 Å². The molecule has 0 aliphatic carbocycles. The van der Waals surface area contributed by atoms with Gasteiger partial charge in [0.2, 0.25) is 10.0 Å². The van der Waals surface area contributed by atoms with Gasteiger partial charge in [-0.3, -0.25) is 4.79 Å². The third-order valence-corrected chi connectivity index (χ3v) is 5.64. The summed E-state index contributed by atoms with van der Waals surface area (Å²) in [5.41, 5.74) is 2.10. The quantitative estimate of drug-likeness (QED) is 0.660. The molecule has 28 heavy (non-hydrogen) atoms. The Morgan fingerprint density at radius 1 is 1.07 bits per heavy atom. The number of hydrogen-bond donors (Lipinski definition) is 1. The van der Waals surface area contributed by atoms with Crippen LogP contribution in [0.15, 0.2) is 54.6 Å². The van der Waals surface area contributed by atoms with Gasteiger partial charge in [0.1, 0.15) is 5.75 Å². The topological polar surface area (TPSA) is 75.7 Å². The Morgan fingerprint density at radius 2 is 1.71 bits per heavy atom. The van der Waals surface area contributed by atoms with Crippen LogP contribution in [-0.2, 0) is 27.8 Å².